The molecule has 2 saturated heterocycles. The third kappa shape index (κ3) is 2.73. The molecule has 2 heterocycles. The second-order valence-electron chi connectivity index (χ2n) is 6.84. The Balaban J connectivity index is 1.42. The summed E-state index contributed by atoms with van der Waals surface area (Å²) in [6.07, 6.45) is 5.68. The van der Waals surface area contributed by atoms with E-state index in [1.165, 1.54) is 65.0 Å². The van der Waals surface area contributed by atoms with Crippen molar-refractivity contribution in [2.24, 2.45) is 5.92 Å². The highest BCUT2D eigenvalue weighted by Gasteiger charge is 2.34. The van der Waals surface area contributed by atoms with Crippen molar-refractivity contribution in [3.8, 4) is 0 Å². The average Bonchev–Trinajstić information content (AvgIpc) is 2.36. The first-order valence-electron chi connectivity index (χ1n) is 7.89. The van der Waals surface area contributed by atoms with E-state index < -0.39 is 0 Å². The van der Waals surface area contributed by atoms with Crippen LogP contribution in [0.5, 0.6) is 0 Å². The normalized spacial score (nSPS) is 37.7. The van der Waals surface area contributed by atoms with Crippen LogP contribution in [0.2, 0.25) is 0 Å². The smallest absolute Gasteiger partial charge is 0.0121 e. The molecule has 1 saturated carbocycles. The molecular weight excluding hydrogens is 222 g/mol. The van der Waals surface area contributed by atoms with E-state index in [1.54, 1.807) is 0 Å². The molecule has 3 fully saturated rings. The molecule has 2 aliphatic heterocycles. The van der Waals surface area contributed by atoms with Crippen molar-refractivity contribution in [1.82, 2.24) is 14.7 Å². The molecule has 0 unspecified atom stereocenters. The van der Waals surface area contributed by atoms with E-state index in [4.69, 9.17) is 0 Å². The van der Waals surface area contributed by atoms with Gasteiger partial charge < -0.3 is 4.90 Å². The molecule has 0 aromatic heterocycles. The zero-order valence-corrected chi connectivity index (χ0v) is 12.1. The van der Waals surface area contributed by atoms with Gasteiger partial charge in [-0.25, -0.2) is 0 Å². The molecular formula is C15H29N3. The van der Waals surface area contributed by atoms with Crippen LogP contribution in [0.25, 0.3) is 0 Å². The number of piperidine rings is 1. The SMILES string of the molecule is CC1CC(N2CCN(C3CCN(C)CC3)CC2)C1. The van der Waals surface area contributed by atoms with E-state index in [-0.39, 0.29) is 0 Å². The van der Waals surface area contributed by atoms with Crippen LogP contribution in [0, 0.1) is 5.92 Å². The minimum Gasteiger partial charge on any atom is -0.306 e. The molecule has 18 heavy (non-hydrogen) atoms. The third-order valence-corrected chi connectivity index (χ3v) is 5.42. The summed E-state index contributed by atoms with van der Waals surface area (Å²) in [7, 11) is 2.26. The Morgan fingerprint density at radius 2 is 1.22 bits per heavy atom. The molecule has 0 radical (unpaired) electrons. The maximum absolute atomic E-state index is 2.77. The summed E-state index contributed by atoms with van der Waals surface area (Å²) in [5.41, 5.74) is 0. The second-order valence-corrected chi connectivity index (χ2v) is 6.84. The summed E-state index contributed by atoms with van der Waals surface area (Å²) < 4.78 is 0. The molecule has 0 N–H and O–H groups in total. The van der Waals surface area contributed by atoms with E-state index in [1.807, 2.05) is 0 Å². The van der Waals surface area contributed by atoms with Crippen molar-refractivity contribution in [2.75, 3.05) is 46.3 Å². The van der Waals surface area contributed by atoms with Crippen LogP contribution in [0.4, 0.5) is 0 Å². The molecule has 3 aliphatic rings. The number of nitrogens with zero attached hydrogens (tertiary/aromatic N) is 3. The Kier molecular flexibility index (Phi) is 3.92. The predicted molar refractivity (Wildman–Crippen MR) is 75.9 cm³/mol. The van der Waals surface area contributed by atoms with Gasteiger partial charge in [-0.05, 0) is 51.7 Å². The fourth-order valence-electron chi connectivity index (χ4n) is 3.99. The number of rotatable bonds is 2. The molecule has 0 atom stereocenters. The molecule has 0 aromatic carbocycles. The molecule has 3 rings (SSSR count). The van der Waals surface area contributed by atoms with Crippen molar-refractivity contribution in [1.29, 1.82) is 0 Å². The Hall–Kier alpha value is -0.120. The zero-order chi connectivity index (χ0) is 12.5. The Morgan fingerprint density at radius 1 is 0.722 bits per heavy atom. The van der Waals surface area contributed by atoms with Gasteiger partial charge in [-0.2, -0.15) is 0 Å². The second kappa shape index (κ2) is 5.48. The van der Waals surface area contributed by atoms with Crippen LogP contribution >= 0.6 is 0 Å². The molecule has 0 amide bonds. The minimum atomic E-state index is 0.878. The van der Waals surface area contributed by atoms with Crippen LogP contribution in [0.1, 0.15) is 32.6 Å². The predicted octanol–water partition coefficient (Wildman–Crippen LogP) is 1.50. The molecule has 104 valence electrons. The highest BCUT2D eigenvalue weighted by molar-refractivity contribution is 4.89. The van der Waals surface area contributed by atoms with Crippen LogP contribution in [-0.2, 0) is 0 Å². The highest BCUT2D eigenvalue weighted by Crippen LogP contribution is 2.32. The molecule has 1 aliphatic carbocycles. The van der Waals surface area contributed by atoms with Gasteiger partial charge in [-0.15, -0.1) is 0 Å². The summed E-state index contributed by atoms with van der Waals surface area (Å²) >= 11 is 0. The first kappa shape index (κ1) is 12.9. The molecule has 0 aromatic rings. The number of hydrogen-bond acceptors (Lipinski definition) is 3. The number of hydrogen-bond donors (Lipinski definition) is 0. The summed E-state index contributed by atoms with van der Waals surface area (Å²) in [6.45, 7) is 10.3. The van der Waals surface area contributed by atoms with Crippen LogP contribution in [-0.4, -0.2) is 73.1 Å². The standard InChI is InChI=1S/C15H29N3/c1-13-11-15(12-13)18-9-7-17(8-10-18)14-3-5-16(2)6-4-14/h13-15H,3-12H2,1-2H3. The van der Waals surface area contributed by atoms with Gasteiger partial charge in [0.05, 0.1) is 0 Å². The third-order valence-electron chi connectivity index (χ3n) is 5.42. The lowest BCUT2D eigenvalue weighted by atomic mass is 9.80. The first-order valence-corrected chi connectivity index (χ1v) is 7.89. The van der Waals surface area contributed by atoms with Gasteiger partial charge in [0.25, 0.3) is 0 Å². The van der Waals surface area contributed by atoms with Gasteiger partial charge in [0.1, 0.15) is 0 Å². The van der Waals surface area contributed by atoms with Gasteiger partial charge in [-0.3, -0.25) is 9.80 Å². The van der Waals surface area contributed by atoms with Gasteiger partial charge in [0.15, 0.2) is 0 Å². The summed E-state index contributed by atoms with van der Waals surface area (Å²) in [4.78, 5) is 8.00. The quantitative estimate of drug-likeness (QED) is 0.736. The van der Waals surface area contributed by atoms with Gasteiger partial charge in [0, 0.05) is 38.3 Å². The molecule has 0 bridgehead atoms. The minimum absolute atomic E-state index is 0.878. The molecule has 0 spiro atoms. The van der Waals surface area contributed by atoms with Gasteiger partial charge in [-0.1, -0.05) is 6.92 Å². The van der Waals surface area contributed by atoms with Crippen molar-refractivity contribution in [3.05, 3.63) is 0 Å². The summed E-state index contributed by atoms with van der Waals surface area (Å²) in [5, 5.41) is 0. The van der Waals surface area contributed by atoms with E-state index >= 15 is 0 Å². The average molecular weight is 251 g/mol. The number of likely N-dealkylation sites (tertiary alicyclic amines) is 1. The molecule has 3 heteroatoms. The van der Waals surface area contributed by atoms with Crippen molar-refractivity contribution in [2.45, 2.75) is 44.7 Å². The molecule has 3 nitrogen and oxygen atoms in total. The lowest BCUT2D eigenvalue weighted by Gasteiger charge is -2.48. The van der Waals surface area contributed by atoms with Gasteiger partial charge in [0.2, 0.25) is 0 Å². The van der Waals surface area contributed by atoms with Crippen molar-refractivity contribution >= 4 is 0 Å². The highest BCUT2D eigenvalue weighted by atomic mass is 15.3. The monoisotopic (exact) mass is 251 g/mol. The van der Waals surface area contributed by atoms with E-state index in [0.29, 0.717) is 0 Å². The Bertz CT molecular complexity index is 259. The maximum atomic E-state index is 2.77. The van der Waals surface area contributed by atoms with Gasteiger partial charge >= 0.3 is 0 Å². The largest absolute Gasteiger partial charge is 0.306 e. The fourth-order valence-corrected chi connectivity index (χ4v) is 3.99. The Labute approximate surface area is 112 Å². The first-order chi connectivity index (χ1) is 8.72. The fraction of sp³-hybridized carbons (Fsp3) is 1.00. The van der Waals surface area contributed by atoms with Crippen LogP contribution in [0.3, 0.4) is 0 Å². The topological polar surface area (TPSA) is 9.72 Å². The van der Waals surface area contributed by atoms with Crippen LogP contribution < -0.4 is 0 Å². The van der Waals surface area contributed by atoms with Crippen LogP contribution in [0.15, 0.2) is 0 Å². The van der Waals surface area contributed by atoms with Crippen molar-refractivity contribution in [3.63, 3.8) is 0 Å². The zero-order valence-electron chi connectivity index (χ0n) is 12.1. The van der Waals surface area contributed by atoms with E-state index in [0.717, 1.165) is 18.0 Å². The lowest BCUT2D eigenvalue weighted by molar-refractivity contribution is 0.0129. The number of piperazine rings is 1. The van der Waals surface area contributed by atoms with E-state index in [9.17, 15) is 0 Å². The maximum Gasteiger partial charge on any atom is 0.0121 e. The van der Waals surface area contributed by atoms with E-state index in [2.05, 4.69) is 28.7 Å². The lowest BCUT2D eigenvalue weighted by Crippen LogP contribution is -2.56. The van der Waals surface area contributed by atoms with Crippen molar-refractivity contribution < 1.29 is 0 Å². The Morgan fingerprint density at radius 3 is 1.72 bits per heavy atom. The summed E-state index contributed by atoms with van der Waals surface area (Å²) in [5.74, 6) is 0.988. The summed E-state index contributed by atoms with van der Waals surface area (Å²) in [6, 6.07) is 1.81.